The molecule has 1 aliphatic rings. The third-order valence-electron chi connectivity index (χ3n) is 4.21. The van der Waals surface area contributed by atoms with Gasteiger partial charge in [-0.1, -0.05) is 41.9 Å². The first-order valence-electron chi connectivity index (χ1n) is 7.37. The van der Waals surface area contributed by atoms with Crippen LogP contribution >= 0.6 is 11.6 Å². The number of fused-ring (bicyclic) bond motifs is 2. The van der Waals surface area contributed by atoms with Crippen molar-refractivity contribution < 1.29 is 0 Å². The van der Waals surface area contributed by atoms with Gasteiger partial charge >= 0.3 is 0 Å². The predicted octanol–water partition coefficient (Wildman–Crippen LogP) is 4.24. The zero-order chi connectivity index (χ0) is 14.4. The molecule has 3 aromatic rings. The topological polar surface area (TPSA) is 30.2 Å². The number of aryl methyl sites for hydroxylation is 2. The van der Waals surface area contributed by atoms with Gasteiger partial charge in [0, 0.05) is 16.8 Å². The van der Waals surface area contributed by atoms with Crippen molar-refractivity contribution in [3.8, 4) is 11.1 Å². The Balaban J connectivity index is 2.05. The lowest BCUT2D eigenvalue weighted by Crippen LogP contribution is -2.10. The van der Waals surface area contributed by atoms with Crippen LogP contribution in [0, 0.1) is 6.92 Å². The summed E-state index contributed by atoms with van der Waals surface area (Å²) in [5.41, 5.74) is 6.41. The predicted molar refractivity (Wildman–Crippen MR) is 84.8 cm³/mol. The molecule has 0 atom stereocenters. The minimum Gasteiger partial charge on any atom is -0.233 e. The molecule has 0 N–H and O–H groups in total. The molecule has 3 nitrogen and oxygen atoms in total. The summed E-state index contributed by atoms with van der Waals surface area (Å²) in [5.74, 6) is 0. The van der Waals surface area contributed by atoms with Crippen LogP contribution in [-0.2, 0) is 12.8 Å². The molecule has 0 saturated carbocycles. The number of rotatable bonds is 1. The molecule has 0 fully saturated rings. The fourth-order valence-corrected chi connectivity index (χ4v) is 3.51. The van der Waals surface area contributed by atoms with Crippen molar-refractivity contribution >= 4 is 17.2 Å². The van der Waals surface area contributed by atoms with Gasteiger partial charge in [0.2, 0.25) is 0 Å². The fourth-order valence-electron chi connectivity index (χ4n) is 3.19. The van der Waals surface area contributed by atoms with Gasteiger partial charge in [-0.25, -0.2) is 9.50 Å². The molecule has 0 amide bonds. The summed E-state index contributed by atoms with van der Waals surface area (Å²) in [6.07, 6.45) is 4.41. The molecular weight excluding hydrogens is 282 g/mol. The van der Waals surface area contributed by atoms with Crippen molar-refractivity contribution in [2.75, 3.05) is 0 Å². The van der Waals surface area contributed by atoms with E-state index in [9.17, 15) is 0 Å². The lowest BCUT2D eigenvalue weighted by Gasteiger charge is -2.16. The Morgan fingerprint density at radius 1 is 1.10 bits per heavy atom. The van der Waals surface area contributed by atoms with E-state index in [0.29, 0.717) is 0 Å². The van der Waals surface area contributed by atoms with E-state index in [-0.39, 0.29) is 0 Å². The van der Waals surface area contributed by atoms with E-state index in [1.807, 2.05) is 29.6 Å². The minimum atomic E-state index is 0.736. The van der Waals surface area contributed by atoms with Gasteiger partial charge in [-0.3, -0.25) is 0 Å². The number of hydrogen-bond acceptors (Lipinski definition) is 2. The van der Waals surface area contributed by atoms with Crippen molar-refractivity contribution in [1.82, 2.24) is 14.6 Å². The summed E-state index contributed by atoms with van der Waals surface area (Å²) in [4.78, 5) is 4.89. The van der Waals surface area contributed by atoms with Crippen LogP contribution in [0.5, 0.6) is 0 Å². The van der Waals surface area contributed by atoms with Gasteiger partial charge < -0.3 is 0 Å². The van der Waals surface area contributed by atoms with Crippen LogP contribution in [0.3, 0.4) is 0 Å². The zero-order valence-corrected chi connectivity index (χ0v) is 12.7. The molecule has 4 heteroatoms. The second-order valence-corrected chi connectivity index (χ2v) is 5.95. The highest BCUT2D eigenvalue weighted by Gasteiger charge is 2.21. The standard InChI is InChI=1S/C17H16ClN3/c1-11-15(12-7-3-2-4-8-12)17-19-14-10-6-5-9-13(14)16(18)21(17)20-11/h2-4,7-8H,5-6,9-10H2,1H3. The summed E-state index contributed by atoms with van der Waals surface area (Å²) in [6, 6.07) is 10.3. The molecule has 0 saturated heterocycles. The maximum atomic E-state index is 6.59. The molecule has 0 unspecified atom stereocenters. The van der Waals surface area contributed by atoms with E-state index < -0.39 is 0 Å². The molecular formula is C17H16ClN3. The summed E-state index contributed by atoms with van der Waals surface area (Å²) >= 11 is 6.59. The van der Waals surface area contributed by atoms with Crippen LogP contribution in [0.2, 0.25) is 5.15 Å². The molecule has 1 aromatic carbocycles. The van der Waals surface area contributed by atoms with Gasteiger partial charge in [0.25, 0.3) is 0 Å². The van der Waals surface area contributed by atoms with E-state index in [1.54, 1.807) is 0 Å². The maximum Gasteiger partial charge on any atom is 0.165 e. The lowest BCUT2D eigenvalue weighted by molar-refractivity contribution is 0.660. The van der Waals surface area contributed by atoms with E-state index in [1.165, 1.54) is 18.4 Å². The highest BCUT2D eigenvalue weighted by molar-refractivity contribution is 6.30. The van der Waals surface area contributed by atoms with Gasteiger partial charge in [-0.15, -0.1) is 0 Å². The third kappa shape index (κ3) is 1.95. The largest absolute Gasteiger partial charge is 0.233 e. The molecule has 1 aliphatic carbocycles. The highest BCUT2D eigenvalue weighted by Crippen LogP contribution is 2.33. The van der Waals surface area contributed by atoms with E-state index in [2.05, 4.69) is 17.2 Å². The lowest BCUT2D eigenvalue weighted by atomic mass is 9.97. The monoisotopic (exact) mass is 297 g/mol. The number of nitrogens with zero attached hydrogens (tertiary/aromatic N) is 3. The number of benzene rings is 1. The van der Waals surface area contributed by atoms with Crippen molar-refractivity contribution in [2.45, 2.75) is 32.6 Å². The quantitative estimate of drug-likeness (QED) is 0.629. The molecule has 0 aliphatic heterocycles. The maximum absolute atomic E-state index is 6.59. The van der Waals surface area contributed by atoms with Gasteiger partial charge in [-0.05, 0) is 38.2 Å². The second kappa shape index (κ2) is 4.85. The zero-order valence-electron chi connectivity index (χ0n) is 11.9. The van der Waals surface area contributed by atoms with Gasteiger partial charge in [0.15, 0.2) is 5.65 Å². The molecule has 106 valence electrons. The number of hydrogen-bond donors (Lipinski definition) is 0. The van der Waals surface area contributed by atoms with E-state index >= 15 is 0 Å². The normalized spacial score (nSPS) is 14.4. The van der Waals surface area contributed by atoms with Crippen LogP contribution in [0.15, 0.2) is 30.3 Å². The summed E-state index contributed by atoms with van der Waals surface area (Å²) in [5, 5.41) is 5.36. The van der Waals surface area contributed by atoms with Crippen LogP contribution in [-0.4, -0.2) is 14.6 Å². The molecule has 0 bridgehead atoms. The average molecular weight is 298 g/mol. The van der Waals surface area contributed by atoms with Crippen molar-refractivity contribution in [2.24, 2.45) is 0 Å². The molecule has 21 heavy (non-hydrogen) atoms. The second-order valence-electron chi connectivity index (χ2n) is 5.60. The molecule has 0 radical (unpaired) electrons. The average Bonchev–Trinajstić information content (AvgIpc) is 2.85. The van der Waals surface area contributed by atoms with Crippen molar-refractivity contribution in [3.63, 3.8) is 0 Å². The Morgan fingerprint density at radius 2 is 1.86 bits per heavy atom. The van der Waals surface area contributed by atoms with Crippen LogP contribution in [0.4, 0.5) is 0 Å². The summed E-state index contributed by atoms with van der Waals surface area (Å²) < 4.78 is 1.81. The van der Waals surface area contributed by atoms with Gasteiger partial charge in [0.1, 0.15) is 5.15 Å². The highest BCUT2D eigenvalue weighted by atomic mass is 35.5. The Morgan fingerprint density at radius 3 is 2.67 bits per heavy atom. The molecule has 2 aromatic heterocycles. The van der Waals surface area contributed by atoms with E-state index in [0.717, 1.165) is 46.2 Å². The smallest absolute Gasteiger partial charge is 0.165 e. The Labute approximate surface area is 128 Å². The van der Waals surface area contributed by atoms with Gasteiger partial charge in [0.05, 0.1) is 5.69 Å². The fraction of sp³-hybridized carbons (Fsp3) is 0.294. The van der Waals surface area contributed by atoms with Crippen LogP contribution in [0.1, 0.15) is 29.8 Å². The Hall–Kier alpha value is -1.87. The van der Waals surface area contributed by atoms with Crippen LogP contribution in [0.25, 0.3) is 16.8 Å². The first-order chi connectivity index (χ1) is 10.3. The minimum absolute atomic E-state index is 0.736. The summed E-state index contributed by atoms with van der Waals surface area (Å²) in [6.45, 7) is 2.02. The number of halogens is 1. The summed E-state index contributed by atoms with van der Waals surface area (Å²) in [7, 11) is 0. The Kier molecular flexibility index (Phi) is 2.96. The number of aromatic nitrogens is 3. The van der Waals surface area contributed by atoms with Crippen LogP contribution < -0.4 is 0 Å². The third-order valence-corrected chi connectivity index (χ3v) is 4.60. The first kappa shape index (κ1) is 12.8. The van der Waals surface area contributed by atoms with Crippen molar-refractivity contribution in [3.05, 3.63) is 52.4 Å². The van der Waals surface area contributed by atoms with Gasteiger partial charge in [-0.2, -0.15) is 5.10 Å². The molecule has 0 spiro atoms. The molecule has 4 rings (SSSR count). The SMILES string of the molecule is Cc1nn2c(Cl)c3c(nc2c1-c1ccccc1)CCCC3. The molecule has 2 heterocycles. The van der Waals surface area contributed by atoms with E-state index in [4.69, 9.17) is 16.6 Å². The Bertz CT molecular complexity index is 821. The first-order valence-corrected chi connectivity index (χ1v) is 7.75. The van der Waals surface area contributed by atoms with Crippen molar-refractivity contribution in [1.29, 1.82) is 0 Å².